The van der Waals surface area contributed by atoms with Crippen LogP contribution in [-0.2, 0) is 6.54 Å². The van der Waals surface area contributed by atoms with E-state index in [0.717, 1.165) is 11.2 Å². The number of aryl methyl sites for hydroxylation is 1. The van der Waals surface area contributed by atoms with E-state index in [0.29, 0.717) is 34.2 Å². The summed E-state index contributed by atoms with van der Waals surface area (Å²) in [5.41, 5.74) is 2.65. The van der Waals surface area contributed by atoms with E-state index in [1.54, 1.807) is 22.8 Å². The van der Waals surface area contributed by atoms with Gasteiger partial charge < -0.3 is 9.77 Å². The Morgan fingerprint density at radius 3 is 2.79 bits per heavy atom. The minimum absolute atomic E-state index is 0.372. The molecule has 19 heavy (non-hydrogen) atoms. The molecule has 3 rings (SSSR count). The number of aromatic nitrogens is 3. The zero-order valence-corrected chi connectivity index (χ0v) is 10.6. The molecule has 1 aromatic carbocycles. The molecule has 0 fully saturated rings. The smallest absolute Gasteiger partial charge is 0.260 e. The van der Waals surface area contributed by atoms with Gasteiger partial charge in [0.2, 0.25) is 11.2 Å². The van der Waals surface area contributed by atoms with Gasteiger partial charge >= 0.3 is 0 Å². The molecule has 1 N–H and O–H groups in total. The van der Waals surface area contributed by atoms with Gasteiger partial charge in [0.1, 0.15) is 11.0 Å². The van der Waals surface area contributed by atoms with E-state index in [1.165, 1.54) is 0 Å². The maximum Gasteiger partial charge on any atom is 0.260 e. The Balaban J connectivity index is 2.50. The van der Waals surface area contributed by atoms with Crippen molar-refractivity contribution in [3.05, 3.63) is 47.1 Å². The second kappa shape index (κ2) is 4.35. The molecule has 0 radical (unpaired) electrons. The summed E-state index contributed by atoms with van der Waals surface area (Å²) < 4.78 is 2.67. The molecule has 3 aromatic rings. The van der Waals surface area contributed by atoms with Crippen molar-refractivity contribution in [2.45, 2.75) is 19.9 Å². The topological polar surface area (TPSA) is 68.6 Å². The lowest BCUT2D eigenvalue weighted by molar-refractivity contribution is -0.548. The summed E-state index contributed by atoms with van der Waals surface area (Å²) in [5, 5.41) is 20.3. The normalized spacial score (nSPS) is 11.2. The maximum atomic E-state index is 12.4. The van der Waals surface area contributed by atoms with E-state index in [-0.39, 0.29) is 0 Å². The maximum absolute atomic E-state index is 12.4. The molecule has 0 aliphatic rings. The van der Waals surface area contributed by atoms with Crippen molar-refractivity contribution in [1.29, 1.82) is 5.41 Å². The van der Waals surface area contributed by atoms with E-state index in [2.05, 4.69) is 4.98 Å². The molecule has 0 bridgehead atoms. The number of hydrogen-bond donors (Lipinski definition) is 1. The molecule has 0 unspecified atom stereocenters. The zero-order valence-electron chi connectivity index (χ0n) is 10.6. The van der Waals surface area contributed by atoms with Gasteiger partial charge in [-0.1, -0.05) is 19.1 Å². The van der Waals surface area contributed by atoms with Crippen LogP contribution in [0.5, 0.6) is 0 Å². The first-order valence-corrected chi connectivity index (χ1v) is 6.29. The molecule has 5 nitrogen and oxygen atoms in total. The fourth-order valence-corrected chi connectivity index (χ4v) is 2.28. The summed E-state index contributed by atoms with van der Waals surface area (Å²) in [7, 11) is 0. The van der Waals surface area contributed by atoms with Gasteiger partial charge in [-0.05, 0) is 18.6 Å². The highest BCUT2D eigenvalue weighted by molar-refractivity contribution is 5.79. The van der Waals surface area contributed by atoms with E-state index in [1.807, 2.05) is 25.1 Å². The first-order chi connectivity index (χ1) is 9.22. The first-order valence-electron chi connectivity index (χ1n) is 6.29. The molecule has 0 aliphatic heterocycles. The summed E-state index contributed by atoms with van der Waals surface area (Å²) in [6, 6.07) is 10.6. The summed E-state index contributed by atoms with van der Waals surface area (Å²) in [4.78, 5) is 4.54. The van der Waals surface area contributed by atoms with Crippen molar-refractivity contribution in [2.75, 3.05) is 0 Å². The Hall–Kier alpha value is -2.43. The lowest BCUT2D eigenvalue weighted by atomic mass is 10.3. The predicted molar refractivity (Wildman–Crippen MR) is 72.3 cm³/mol. The molecule has 0 spiro atoms. The van der Waals surface area contributed by atoms with Crippen LogP contribution in [0.2, 0.25) is 0 Å². The van der Waals surface area contributed by atoms with Crippen molar-refractivity contribution in [1.82, 2.24) is 9.55 Å². The highest BCUT2D eigenvalue weighted by Crippen LogP contribution is 2.12. The minimum atomic E-state index is 0.372. The summed E-state index contributed by atoms with van der Waals surface area (Å²) >= 11 is 0. The molecule has 0 saturated heterocycles. The fraction of sp³-hybridized carbons (Fsp3) is 0.214. The van der Waals surface area contributed by atoms with Gasteiger partial charge in [0.05, 0.1) is 0 Å². The van der Waals surface area contributed by atoms with Crippen LogP contribution in [0.1, 0.15) is 13.3 Å². The molecule has 0 aliphatic carbocycles. The van der Waals surface area contributed by atoms with Crippen LogP contribution in [0.15, 0.2) is 36.4 Å². The van der Waals surface area contributed by atoms with Crippen LogP contribution in [0, 0.1) is 10.6 Å². The third-order valence-corrected chi connectivity index (χ3v) is 3.17. The van der Waals surface area contributed by atoms with E-state index in [4.69, 9.17) is 5.41 Å². The Bertz CT molecular complexity index is 823. The van der Waals surface area contributed by atoms with Crippen LogP contribution in [0.3, 0.4) is 0 Å². The van der Waals surface area contributed by atoms with Crippen molar-refractivity contribution in [2.24, 2.45) is 0 Å². The van der Waals surface area contributed by atoms with Gasteiger partial charge in [0.15, 0.2) is 0 Å². The number of nitrogens with one attached hydrogen (secondary N) is 1. The van der Waals surface area contributed by atoms with Crippen molar-refractivity contribution >= 4 is 22.2 Å². The largest absolute Gasteiger partial charge is 0.618 e. The fourth-order valence-electron chi connectivity index (χ4n) is 2.28. The molecular formula is C14H14N4O. The average molecular weight is 254 g/mol. The minimum Gasteiger partial charge on any atom is -0.618 e. The van der Waals surface area contributed by atoms with Crippen LogP contribution in [0.25, 0.3) is 22.2 Å². The molecular weight excluding hydrogens is 240 g/mol. The molecule has 2 aromatic heterocycles. The lowest BCUT2D eigenvalue weighted by Crippen LogP contribution is -2.32. The van der Waals surface area contributed by atoms with Gasteiger partial charge in [0.25, 0.3) is 5.52 Å². The quantitative estimate of drug-likeness (QED) is 0.429. The van der Waals surface area contributed by atoms with Gasteiger partial charge in [0, 0.05) is 18.7 Å². The third-order valence-electron chi connectivity index (χ3n) is 3.17. The van der Waals surface area contributed by atoms with Crippen molar-refractivity contribution in [3.8, 4) is 0 Å². The van der Waals surface area contributed by atoms with Gasteiger partial charge in [-0.2, -0.15) is 4.73 Å². The van der Waals surface area contributed by atoms with Crippen LogP contribution in [0.4, 0.5) is 0 Å². The molecule has 5 heteroatoms. The number of para-hydroxylation sites is 2. The summed E-state index contributed by atoms with van der Waals surface area (Å²) in [6.07, 6.45) is 0.892. The van der Waals surface area contributed by atoms with Crippen LogP contribution >= 0.6 is 0 Å². The van der Waals surface area contributed by atoms with Gasteiger partial charge in [-0.15, -0.1) is 0 Å². The first kappa shape index (κ1) is 11.6. The monoisotopic (exact) mass is 254 g/mol. The number of fused-ring (bicyclic) bond motifs is 2. The van der Waals surface area contributed by atoms with Gasteiger partial charge in [-0.3, -0.25) is 5.41 Å². The van der Waals surface area contributed by atoms with Crippen molar-refractivity contribution in [3.63, 3.8) is 0 Å². The van der Waals surface area contributed by atoms with E-state index < -0.39 is 0 Å². The summed E-state index contributed by atoms with van der Waals surface area (Å²) in [6.45, 7) is 2.72. The number of rotatable bonds is 2. The predicted octanol–water partition coefficient (Wildman–Crippen LogP) is 1.71. The SMILES string of the molecule is CCCn1c(=N)ccc2c1nc1ccccc1[n+]2[O-]. The Morgan fingerprint density at radius 1 is 1.21 bits per heavy atom. The van der Waals surface area contributed by atoms with Crippen LogP contribution < -0.4 is 10.2 Å². The second-order valence-electron chi connectivity index (χ2n) is 4.47. The number of hydrogen-bond acceptors (Lipinski definition) is 3. The lowest BCUT2D eigenvalue weighted by Gasteiger charge is -2.10. The Labute approximate surface area is 109 Å². The standard InChI is InChI=1S/C14H14N4O/c1-2-9-17-13(15)8-7-12-14(17)16-10-5-3-4-6-11(10)18(12)19/h3-8,15H,2,9H2,1H3. The second-order valence-corrected chi connectivity index (χ2v) is 4.47. The number of nitrogens with zero attached hydrogens (tertiary/aromatic N) is 3. The molecule has 96 valence electrons. The third kappa shape index (κ3) is 1.74. The van der Waals surface area contributed by atoms with Crippen molar-refractivity contribution < 1.29 is 4.73 Å². The molecule has 0 saturated carbocycles. The van der Waals surface area contributed by atoms with Gasteiger partial charge in [-0.25, -0.2) is 4.98 Å². The number of pyridine rings is 1. The zero-order chi connectivity index (χ0) is 13.4. The molecule has 0 amide bonds. The Morgan fingerprint density at radius 2 is 2.00 bits per heavy atom. The molecule has 0 atom stereocenters. The Kier molecular flexibility index (Phi) is 2.67. The average Bonchev–Trinajstić information content (AvgIpc) is 2.43. The molecule has 2 heterocycles. The highest BCUT2D eigenvalue weighted by Gasteiger charge is 2.14. The van der Waals surface area contributed by atoms with E-state index >= 15 is 0 Å². The van der Waals surface area contributed by atoms with Crippen LogP contribution in [-0.4, -0.2) is 9.55 Å². The highest BCUT2D eigenvalue weighted by atomic mass is 16.5. The van der Waals surface area contributed by atoms with E-state index in [9.17, 15) is 5.21 Å². The number of benzene rings is 1. The summed E-state index contributed by atoms with van der Waals surface area (Å²) in [5.74, 6) is 0.